The van der Waals surface area contributed by atoms with Crippen LogP contribution in [0.3, 0.4) is 0 Å². The molecule has 1 fully saturated rings. The number of carbonyl (C=O) groups excluding carboxylic acids is 1. The summed E-state index contributed by atoms with van der Waals surface area (Å²) in [6.07, 6.45) is 2.45. The average molecular weight is 341 g/mol. The molecule has 1 unspecified atom stereocenters. The maximum atomic E-state index is 11.2. The molecule has 0 bridgehead atoms. The van der Waals surface area contributed by atoms with Crippen molar-refractivity contribution in [1.82, 2.24) is 9.97 Å². The summed E-state index contributed by atoms with van der Waals surface area (Å²) in [4.78, 5) is 20.0. The topological polar surface area (TPSA) is 88.2 Å². The molecule has 7 nitrogen and oxygen atoms in total. The van der Waals surface area contributed by atoms with Crippen LogP contribution in [0.5, 0.6) is 0 Å². The molecule has 0 spiro atoms. The number of anilines is 4. The van der Waals surface area contributed by atoms with E-state index in [-0.39, 0.29) is 12.0 Å². The summed E-state index contributed by atoms with van der Waals surface area (Å²) >= 11 is 0. The third-order valence-electron chi connectivity index (χ3n) is 3.83. The molecule has 0 saturated carbocycles. The van der Waals surface area contributed by atoms with Gasteiger partial charge in [-0.1, -0.05) is 6.07 Å². The highest BCUT2D eigenvalue weighted by molar-refractivity contribution is 5.89. The zero-order valence-corrected chi connectivity index (χ0v) is 14.5. The number of hydrogen-bond acceptors (Lipinski definition) is 6. The molecule has 3 rings (SSSR count). The number of nitrogens with zero attached hydrogens (tertiary/aromatic N) is 2. The lowest BCUT2D eigenvalue weighted by atomic mass is 10.2. The number of amides is 1. The highest BCUT2D eigenvalue weighted by Gasteiger charge is 2.15. The van der Waals surface area contributed by atoms with Crippen molar-refractivity contribution in [2.24, 2.45) is 0 Å². The predicted octanol–water partition coefficient (Wildman–Crippen LogP) is 3.08. The van der Waals surface area contributed by atoms with Crippen molar-refractivity contribution >= 4 is 28.9 Å². The van der Waals surface area contributed by atoms with E-state index >= 15 is 0 Å². The fourth-order valence-corrected chi connectivity index (χ4v) is 2.77. The van der Waals surface area contributed by atoms with Crippen molar-refractivity contribution in [2.45, 2.75) is 32.8 Å². The third kappa shape index (κ3) is 5.15. The van der Waals surface area contributed by atoms with E-state index in [1.165, 1.54) is 6.92 Å². The number of benzene rings is 1. The van der Waals surface area contributed by atoms with Crippen molar-refractivity contribution in [1.29, 1.82) is 0 Å². The Labute approximate surface area is 147 Å². The van der Waals surface area contributed by atoms with Crippen LogP contribution in [0.2, 0.25) is 0 Å². The average Bonchev–Trinajstić information content (AvgIpc) is 3.05. The van der Waals surface area contributed by atoms with Gasteiger partial charge in [-0.15, -0.1) is 0 Å². The van der Waals surface area contributed by atoms with Crippen LogP contribution in [0.15, 0.2) is 30.3 Å². The molecule has 1 atom stereocenters. The Bertz CT molecular complexity index is 744. The van der Waals surface area contributed by atoms with Gasteiger partial charge in [0.05, 0.1) is 6.10 Å². The summed E-state index contributed by atoms with van der Waals surface area (Å²) in [6, 6.07) is 9.36. The molecular weight excluding hydrogens is 318 g/mol. The van der Waals surface area contributed by atoms with Gasteiger partial charge in [-0.3, -0.25) is 4.79 Å². The monoisotopic (exact) mass is 341 g/mol. The van der Waals surface area contributed by atoms with Crippen LogP contribution in [0, 0.1) is 6.92 Å². The Kier molecular flexibility index (Phi) is 5.45. The number of hydrogen-bond donors (Lipinski definition) is 3. The molecule has 1 aromatic carbocycles. The molecule has 2 heterocycles. The highest BCUT2D eigenvalue weighted by atomic mass is 16.5. The van der Waals surface area contributed by atoms with Crippen LogP contribution in [0.4, 0.5) is 23.0 Å². The van der Waals surface area contributed by atoms with Gasteiger partial charge < -0.3 is 20.7 Å². The number of nitrogens with one attached hydrogen (secondary N) is 3. The van der Waals surface area contributed by atoms with Gasteiger partial charge in [-0.25, -0.2) is 9.97 Å². The second kappa shape index (κ2) is 7.94. The van der Waals surface area contributed by atoms with Crippen LogP contribution in [0.25, 0.3) is 0 Å². The Balaban J connectivity index is 1.68. The van der Waals surface area contributed by atoms with Gasteiger partial charge in [0.1, 0.15) is 17.5 Å². The summed E-state index contributed by atoms with van der Waals surface area (Å²) < 4.78 is 5.62. The molecule has 1 amide bonds. The molecule has 1 aromatic heterocycles. The first-order valence-electron chi connectivity index (χ1n) is 8.44. The zero-order chi connectivity index (χ0) is 17.6. The summed E-state index contributed by atoms with van der Waals surface area (Å²) in [6.45, 7) is 4.93. The smallest absolute Gasteiger partial charge is 0.221 e. The SMILES string of the molecule is CC(=O)Nc1cccc(Nc2cc(NCC3CCCO3)nc(C)n2)c1. The Hall–Kier alpha value is -2.67. The maximum Gasteiger partial charge on any atom is 0.221 e. The largest absolute Gasteiger partial charge is 0.376 e. The number of aryl methyl sites for hydroxylation is 1. The van der Waals surface area contributed by atoms with Crippen LogP contribution in [-0.4, -0.2) is 35.1 Å². The van der Waals surface area contributed by atoms with Crippen LogP contribution in [-0.2, 0) is 9.53 Å². The number of aromatic nitrogens is 2. The lowest BCUT2D eigenvalue weighted by Gasteiger charge is -2.13. The normalized spacial score (nSPS) is 16.5. The van der Waals surface area contributed by atoms with E-state index in [4.69, 9.17) is 4.74 Å². The molecule has 1 aliphatic heterocycles. The van der Waals surface area contributed by atoms with Gasteiger partial charge in [-0.05, 0) is 38.0 Å². The number of rotatable bonds is 6. The van der Waals surface area contributed by atoms with Crippen LogP contribution in [0.1, 0.15) is 25.6 Å². The Morgan fingerprint density at radius 1 is 1.24 bits per heavy atom. The molecule has 7 heteroatoms. The number of ether oxygens (including phenoxy) is 1. The van der Waals surface area contributed by atoms with E-state index in [1.807, 2.05) is 37.3 Å². The van der Waals surface area contributed by atoms with E-state index in [0.29, 0.717) is 11.6 Å². The quantitative estimate of drug-likeness (QED) is 0.748. The summed E-state index contributed by atoms with van der Waals surface area (Å²) in [5.74, 6) is 2.04. The van der Waals surface area contributed by atoms with Crippen molar-refractivity contribution < 1.29 is 9.53 Å². The van der Waals surface area contributed by atoms with E-state index in [0.717, 1.165) is 43.2 Å². The van der Waals surface area contributed by atoms with Crippen molar-refractivity contribution in [3.8, 4) is 0 Å². The Morgan fingerprint density at radius 2 is 2.04 bits per heavy atom. The molecule has 1 saturated heterocycles. The zero-order valence-electron chi connectivity index (χ0n) is 14.5. The number of carbonyl (C=O) groups is 1. The van der Waals surface area contributed by atoms with Gasteiger partial charge >= 0.3 is 0 Å². The fourth-order valence-electron chi connectivity index (χ4n) is 2.77. The summed E-state index contributed by atoms with van der Waals surface area (Å²) in [5, 5.41) is 9.34. The van der Waals surface area contributed by atoms with E-state index in [9.17, 15) is 4.79 Å². The third-order valence-corrected chi connectivity index (χ3v) is 3.83. The molecule has 132 valence electrons. The van der Waals surface area contributed by atoms with Gasteiger partial charge in [0.25, 0.3) is 0 Å². The van der Waals surface area contributed by atoms with Crippen molar-refractivity contribution in [2.75, 3.05) is 29.1 Å². The van der Waals surface area contributed by atoms with Gasteiger partial charge in [0.15, 0.2) is 0 Å². The Morgan fingerprint density at radius 3 is 2.80 bits per heavy atom. The molecule has 0 radical (unpaired) electrons. The maximum absolute atomic E-state index is 11.2. The molecule has 1 aliphatic rings. The molecule has 0 aliphatic carbocycles. The minimum atomic E-state index is -0.101. The van der Waals surface area contributed by atoms with Crippen LogP contribution < -0.4 is 16.0 Å². The van der Waals surface area contributed by atoms with Gasteiger partial charge in [0.2, 0.25) is 5.91 Å². The fraction of sp³-hybridized carbons (Fsp3) is 0.389. The lowest BCUT2D eigenvalue weighted by Crippen LogP contribution is -2.19. The summed E-state index contributed by atoms with van der Waals surface area (Å²) in [5.41, 5.74) is 1.58. The van der Waals surface area contributed by atoms with Crippen molar-refractivity contribution in [3.63, 3.8) is 0 Å². The van der Waals surface area contributed by atoms with Crippen LogP contribution >= 0.6 is 0 Å². The van der Waals surface area contributed by atoms with E-state index < -0.39 is 0 Å². The first kappa shape index (κ1) is 17.2. The highest BCUT2D eigenvalue weighted by Crippen LogP contribution is 2.21. The first-order valence-corrected chi connectivity index (χ1v) is 8.44. The molecule has 3 N–H and O–H groups in total. The first-order chi connectivity index (χ1) is 12.1. The standard InChI is InChI=1S/C18H23N5O2/c1-12-20-17(19-11-16-7-4-8-25-16)10-18(21-12)23-15-6-3-5-14(9-15)22-13(2)24/h3,5-6,9-10,16H,4,7-8,11H2,1-2H3,(H,22,24)(H2,19,20,21,23). The minimum absolute atomic E-state index is 0.101. The lowest BCUT2D eigenvalue weighted by molar-refractivity contribution is -0.114. The van der Waals surface area contributed by atoms with Gasteiger partial charge in [-0.2, -0.15) is 0 Å². The van der Waals surface area contributed by atoms with Crippen molar-refractivity contribution in [3.05, 3.63) is 36.2 Å². The van der Waals surface area contributed by atoms with E-state index in [1.54, 1.807) is 0 Å². The minimum Gasteiger partial charge on any atom is -0.376 e. The summed E-state index contributed by atoms with van der Waals surface area (Å²) in [7, 11) is 0. The van der Waals surface area contributed by atoms with E-state index in [2.05, 4.69) is 25.9 Å². The second-order valence-electron chi connectivity index (χ2n) is 6.09. The molecule has 2 aromatic rings. The molecular formula is C18H23N5O2. The second-order valence-corrected chi connectivity index (χ2v) is 6.09. The predicted molar refractivity (Wildman–Crippen MR) is 98.3 cm³/mol. The van der Waals surface area contributed by atoms with Gasteiger partial charge in [0, 0.05) is 37.5 Å². The molecule has 25 heavy (non-hydrogen) atoms.